The number of sulfonamides is 2. The summed E-state index contributed by atoms with van der Waals surface area (Å²) >= 11 is 0. The number of rotatable bonds is 10. The van der Waals surface area contributed by atoms with Gasteiger partial charge < -0.3 is 21.9 Å². The Bertz CT molecular complexity index is 730. The number of alkyl halides is 6. The van der Waals surface area contributed by atoms with E-state index in [1.54, 1.807) is 21.3 Å². The van der Waals surface area contributed by atoms with E-state index in [-0.39, 0.29) is 0 Å². The van der Waals surface area contributed by atoms with Crippen molar-refractivity contribution >= 4 is 28.9 Å². The first kappa shape index (κ1) is 31.5. The van der Waals surface area contributed by atoms with Gasteiger partial charge in [-0.2, -0.15) is 26.3 Å². The summed E-state index contributed by atoms with van der Waals surface area (Å²) in [6, 6.07) is 0.927. The third-order valence-corrected chi connectivity index (χ3v) is 10.4. The van der Waals surface area contributed by atoms with Crippen molar-refractivity contribution in [2.24, 2.45) is 0 Å². The Morgan fingerprint density at radius 2 is 1.19 bits per heavy atom. The van der Waals surface area contributed by atoms with Gasteiger partial charge in [0.05, 0.1) is 26.7 Å². The second-order valence-corrected chi connectivity index (χ2v) is 13.7. The average Bonchev–Trinajstić information content (AvgIpc) is 3.07. The highest BCUT2D eigenvalue weighted by Crippen LogP contribution is 2.36. The normalized spacial score (nSPS) is 17.7. The lowest BCUT2D eigenvalue weighted by Crippen LogP contribution is -2.44. The minimum Gasteiger partial charge on any atom is -0.421 e. The van der Waals surface area contributed by atoms with Crippen molar-refractivity contribution in [3.05, 3.63) is 4.13 Å². The van der Waals surface area contributed by atoms with Crippen LogP contribution in [0.2, 0.25) is 6.04 Å². The molecule has 0 aliphatic carbocycles. The third-order valence-electron chi connectivity index (χ3n) is 4.79. The van der Waals surface area contributed by atoms with Crippen LogP contribution < -0.4 is 0 Å². The van der Waals surface area contributed by atoms with Crippen LogP contribution in [0.4, 0.5) is 26.3 Å². The van der Waals surface area contributed by atoms with Crippen molar-refractivity contribution in [2.75, 3.05) is 48.0 Å². The van der Waals surface area contributed by atoms with Crippen LogP contribution in [0, 0.1) is 0 Å². The van der Waals surface area contributed by atoms with Gasteiger partial charge >= 0.3 is 19.8 Å². The fraction of sp³-hybridized carbons (Fsp3) is 1.00. The predicted octanol–water partition coefficient (Wildman–Crippen LogP) is 2.94. The summed E-state index contributed by atoms with van der Waals surface area (Å²) in [6.07, 6.45) is 5.16. The van der Waals surface area contributed by atoms with E-state index >= 15 is 0 Å². The highest BCUT2D eigenvalue weighted by molar-refractivity contribution is 8.13. The molecule has 0 bridgehead atoms. The molecule has 32 heavy (non-hydrogen) atoms. The lowest BCUT2D eigenvalue weighted by Gasteiger charge is -2.30. The van der Waals surface area contributed by atoms with Crippen molar-refractivity contribution in [1.82, 2.24) is 0 Å². The standard InChI is InChI=1S/C12H28NO3Si.C2F6NO4S2/c1-13(9-5-6-10-13)11-7-8-12-17(14-2,15-3)16-4;3-1(4,5)14(10,11)9-15(12,13)2(6,7)8/h5-12H2,1-4H3;/q+1;-1. The lowest BCUT2D eigenvalue weighted by molar-refractivity contribution is -0.897. The van der Waals surface area contributed by atoms with E-state index in [4.69, 9.17) is 13.3 Å². The SMILES string of the molecule is CO[Si](CCCC[N+]1(C)CCCC1)(OC)OC.O=S(=O)([N-]S(=O)(=O)C(F)(F)F)C(F)(F)F. The van der Waals surface area contributed by atoms with Crippen LogP contribution in [-0.2, 0) is 33.3 Å². The molecule has 1 fully saturated rings. The van der Waals surface area contributed by atoms with Gasteiger partial charge in [0.25, 0.3) is 0 Å². The number of unbranched alkanes of at least 4 members (excludes halogenated alkanes) is 1. The van der Waals surface area contributed by atoms with Gasteiger partial charge in [0.15, 0.2) is 20.0 Å². The topological polar surface area (TPSA) is 110 Å². The molecule has 0 aromatic carbocycles. The Morgan fingerprint density at radius 3 is 1.50 bits per heavy atom. The first-order chi connectivity index (χ1) is 14.3. The van der Waals surface area contributed by atoms with E-state index < -0.39 is 39.9 Å². The maximum Gasteiger partial charge on any atom is 0.500 e. The number of quaternary nitrogens is 1. The molecule has 1 heterocycles. The van der Waals surface area contributed by atoms with Crippen LogP contribution in [0.15, 0.2) is 0 Å². The van der Waals surface area contributed by atoms with Crippen molar-refractivity contribution < 1.29 is 60.9 Å². The molecule has 0 amide bonds. The first-order valence-corrected chi connectivity index (χ1v) is 14.0. The molecule has 0 saturated carbocycles. The van der Waals surface area contributed by atoms with Crippen molar-refractivity contribution in [3.63, 3.8) is 0 Å². The van der Waals surface area contributed by atoms with Crippen LogP contribution in [0.3, 0.4) is 0 Å². The Labute approximate surface area is 185 Å². The number of halogens is 6. The van der Waals surface area contributed by atoms with E-state index in [1.807, 2.05) is 0 Å². The van der Waals surface area contributed by atoms with E-state index in [1.165, 1.54) is 43.4 Å². The molecular weight excluding hydrogens is 514 g/mol. The smallest absolute Gasteiger partial charge is 0.421 e. The molecule has 0 unspecified atom stereocenters. The van der Waals surface area contributed by atoms with Gasteiger partial charge in [-0.3, -0.25) is 0 Å². The second-order valence-electron chi connectivity index (χ2n) is 7.17. The van der Waals surface area contributed by atoms with Gasteiger partial charge in [-0.15, -0.1) is 0 Å². The largest absolute Gasteiger partial charge is 0.500 e. The zero-order valence-corrected chi connectivity index (χ0v) is 20.6. The molecule has 0 radical (unpaired) electrons. The van der Waals surface area contributed by atoms with Crippen LogP contribution >= 0.6 is 0 Å². The van der Waals surface area contributed by atoms with Crippen molar-refractivity contribution in [1.29, 1.82) is 0 Å². The van der Waals surface area contributed by atoms with E-state index in [0.717, 1.165) is 16.6 Å². The summed E-state index contributed by atoms with van der Waals surface area (Å²) in [4.78, 5) is 0. The molecule has 1 rings (SSSR count). The van der Waals surface area contributed by atoms with Gasteiger partial charge in [0.2, 0.25) is 0 Å². The molecule has 0 N–H and O–H groups in total. The van der Waals surface area contributed by atoms with E-state index in [2.05, 4.69) is 7.05 Å². The quantitative estimate of drug-likeness (QED) is 0.181. The highest BCUT2D eigenvalue weighted by atomic mass is 32.3. The lowest BCUT2D eigenvalue weighted by atomic mass is 10.3. The molecule has 0 aromatic rings. The highest BCUT2D eigenvalue weighted by Gasteiger charge is 2.47. The maximum absolute atomic E-state index is 11.4. The van der Waals surface area contributed by atoms with E-state index in [0.29, 0.717) is 0 Å². The summed E-state index contributed by atoms with van der Waals surface area (Å²) in [5.41, 5.74) is -12.4. The molecular formula is C14H28F6N2O7S2Si. The van der Waals surface area contributed by atoms with Crippen LogP contribution in [0.1, 0.15) is 25.7 Å². The summed E-state index contributed by atoms with van der Waals surface area (Å²) in [5.74, 6) is 0. The van der Waals surface area contributed by atoms with Crippen LogP contribution in [0.5, 0.6) is 0 Å². The van der Waals surface area contributed by atoms with Gasteiger partial charge in [-0.05, 0) is 12.8 Å². The number of likely N-dealkylation sites (tertiary alicyclic amines) is 1. The zero-order valence-electron chi connectivity index (χ0n) is 18.0. The molecule has 1 saturated heterocycles. The van der Waals surface area contributed by atoms with Crippen molar-refractivity contribution in [2.45, 2.75) is 42.7 Å². The van der Waals surface area contributed by atoms with Crippen LogP contribution in [0.25, 0.3) is 4.13 Å². The molecule has 194 valence electrons. The second kappa shape index (κ2) is 11.8. The molecule has 0 atom stereocenters. The Morgan fingerprint density at radius 1 is 0.812 bits per heavy atom. The maximum atomic E-state index is 11.4. The summed E-state index contributed by atoms with van der Waals surface area (Å²) in [7, 11) is -8.33. The van der Waals surface area contributed by atoms with Crippen molar-refractivity contribution in [3.8, 4) is 0 Å². The Kier molecular flexibility index (Phi) is 11.6. The minimum atomic E-state index is -6.72. The molecule has 1 aliphatic rings. The van der Waals surface area contributed by atoms with Gasteiger partial charge in [-0.25, -0.2) is 16.8 Å². The first-order valence-electron chi connectivity index (χ1n) is 9.16. The third kappa shape index (κ3) is 9.39. The molecule has 9 nitrogen and oxygen atoms in total. The number of hydrogen-bond donors (Lipinski definition) is 0. The number of nitrogens with zero attached hydrogens (tertiary/aromatic N) is 2. The monoisotopic (exact) mass is 542 g/mol. The van der Waals surface area contributed by atoms with Gasteiger partial charge in [-0.1, -0.05) is 0 Å². The number of hydrogen-bond acceptors (Lipinski definition) is 7. The average molecular weight is 543 g/mol. The fourth-order valence-electron chi connectivity index (χ4n) is 2.93. The molecule has 18 heteroatoms. The Balaban J connectivity index is 0.000000607. The minimum absolute atomic E-state index is 0.778. The van der Waals surface area contributed by atoms with Gasteiger partial charge in [0.1, 0.15) is 0 Å². The fourth-order valence-corrected chi connectivity index (χ4v) is 6.43. The predicted molar refractivity (Wildman–Crippen MR) is 104 cm³/mol. The van der Waals surface area contributed by atoms with Crippen LogP contribution in [-0.4, -0.2) is 89.2 Å². The van der Waals surface area contributed by atoms with Gasteiger partial charge in [0, 0.05) is 40.2 Å². The molecule has 0 aromatic heterocycles. The van der Waals surface area contributed by atoms with E-state index in [9.17, 15) is 43.2 Å². The Hall–Kier alpha value is -0.503. The zero-order chi connectivity index (χ0) is 25.5. The molecule has 0 spiro atoms. The summed E-state index contributed by atoms with van der Waals surface area (Å²) < 4.78 is 127. The summed E-state index contributed by atoms with van der Waals surface area (Å²) in [5, 5.41) is 0. The summed E-state index contributed by atoms with van der Waals surface area (Å²) in [6.45, 7) is 3.98. The molecule has 1 aliphatic heterocycles.